The summed E-state index contributed by atoms with van der Waals surface area (Å²) in [6.45, 7) is 6.40. The smallest absolute Gasteiger partial charge is 0.315 e. The molecular weight excluding hydrogens is 171 g/mol. The minimum Gasteiger partial charge on any atom is -0.465 e. The van der Waals surface area contributed by atoms with E-state index in [0.29, 0.717) is 6.61 Å². The first-order chi connectivity index (χ1) is 5.60. The largest absolute Gasteiger partial charge is 0.465 e. The minimum absolute atomic E-state index is 0.0839. The average molecular weight is 190 g/mol. The Morgan fingerprint density at radius 3 is 2.33 bits per heavy atom. The van der Waals surface area contributed by atoms with Crippen LogP contribution in [0.2, 0.25) is 0 Å². The molecule has 2 atom stereocenters. The highest BCUT2D eigenvalue weighted by Crippen LogP contribution is 2.29. The Balaban J connectivity index is 4.18. The minimum atomic E-state index is -0.342. The lowest BCUT2D eigenvalue weighted by Gasteiger charge is -2.24. The summed E-state index contributed by atoms with van der Waals surface area (Å²) in [5, 5.41) is -0.342. The standard InChI is InChI=1S/C9H19O2P/c1-4-7-9(12,5-2)8(10)11-6-3/h4-7,12H2,1-3H3. The van der Waals surface area contributed by atoms with Crippen molar-refractivity contribution in [1.29, 1.82) is 0 Å². The monoisotopic (exact) mass is 190 g/mol. The molecule has 72 valence electrons. The maximum absolute atomic E-state index is 11.4. The second-order valence-corrected chi connectivity index (χ2v) is 4.09. The van der Waals surface area contributed by atoms with Crippen LogP contribution in [0.25, 0.3) is 0 Å². The predicted octanol–water partition coefficient (Wildman–Crippen LogP) is 2.37. The van der Waals surface area contributed by atoms with Crippen molar-refractivity contribution in [2.45, 2.75) is 45.2 Å². The highest BCUT2D eigenvalue weighted by molar-refractivity contribution is 7.21. The van der Waals surface area contributed by atoms with Crippen LogP contribution >= 0.6 is 9.24 Å². The van der Waals surface area contributed by atoms with Gasteiger partial charge < -0.3 is 4.74 Å². The van der Waals surface area contributed by atoms with Crippen molar-refractivity contribution in [3.05, 3.63) is 0 Å². The number of carbonyl (C=O) groups excluding carboxylic acids is 1. The summed E-state index contributed by atoms with van der Waals surface area (Å²) in [5.41, 5.74) is 0. The van der Waals surface area contributed by atoms with Gasteiger partial charge in [0.15, 0.2) is 0 Å². The molecule has 3 heteroatoms. The number of ether oxygens (including phenoxy) is 1. The molecule has 0 N–H and O–H groups in total. The molecule has 0 aliphatic rings. The van der Waals surface area contributed by atoms with Gasteiger partial charge >= 0.3 is 5.97 Å². The molecule has 2 nitrogen and oxygen atoms in total. The number of hydrogen-bond donors (Lipinski definition) is 0. The first-order valence-electron chi connectivity index (χ1n) is 4.56. The molecular formula is C9H19O2P. The van der Waals surface area contributed by atoms with Crippen LogP contribution in [0.15, 0.2) is 0 Å². The van der Waals surface area contributed by atoms with Crippen LogP contribution in [0.1, 0.15) is 40.0 Å². The second kappa shape index (κ2) is 5.53. The molecule has 0 fully saturated rings. The molecule has 0 aromatic carbocycles. The van der Waals surface area contributed by atoms with Crippen molar-refractivity contribution in [2.75, 3.05) is 6.61 Å². The summed E-state index contributed by atoms with van der Waals surface area (Å²) in [6.07, 6.45) is 2.72. The molecule has 0 aromatic heterocycles. The number of hydrogen-bond acceptors (Lipinski definition) is 2. The van der Waals surface area contributed by atoms with Crippen molar-refractivity contribution < 1.29 is 9.53 Å². The van der Waals surface area contributed by atoms with Crippen LogP contribution in [-0.4, -0.2) is 17.7 Å². The van der Waals surface area contributed by atoms with Gasteiger partial charge in [0.05, 0.1) is 11.8 Å². The summed E-state index contributed by atoms with van der Waals surface area (Å²) in [6, 6.07) is 0. The van der Waals surface area contributed by atoms with E-state index in [2.05, 4.69) is 16.2 Å². The first kappa shape index (κ1) is 11.9. The Morgan fingerprint density at radius 2 is 2.00 bits per heavy atom. The third kappa shape index (κ3) is 3.10. The van der Waals surface area contributed by atoms with Crippen molar-refractivity contribution in [3.8, 4) is 0 Å². The van der Waals surface area contributed by atoms with Crippen LogP contribution in [0, 0.1) is 0 Å². The van der Waals surface area contributed by atoms with Gasteiger partial charge in [0.25, 0.3) is 0 Å². The van der Waals surface area contributed by atoms with E-state index in [9.17, 15) is 4.79 Å². The summed E-state index contributed by atoms with van der Waals surface area (Å²) < 4.78 is 4.99. The second-order valence-electron chi connectivity index (χ2n) is 2.98. The Bertz CT molecular complexity index is 147. The van der Waals surface area contributed by atoms with Gasteiger partial charge in [-0.1, -0.05) is 20.3 Å². The Hall–Kier alpha value is -0.100. The Labute approximate surface area is 77.3 Å². The molecule has 0 bridgehead atoms. The lowest BCUT2D eigenvalue weighted by molar-refractivity contribution is -0.146. The Morgan fingerprint density at radius 1 is 1.42 bits per heavy atom. The summed E-state index contributed by atoms with van der Waals surface area (Å²) in [4.78, 5) is 11.4. The first-order valence-corrected chi connectivity index (χ1v) is 5.14. The molecule has 0 aromatic rings. The topological polar surface area (TPSA) is 26.3 Å². The molecule has 2 unspecified atom stereocenters. The van der Waals surface area contributed by atoms with E-state index < -0.39 is 0 Å². The van der Waals surface area contributed by atoms with Gasteiger partial charge in [-0.15, -0.1) is 9.24 Å². The number of rotatable bonds is 5. The Kier molecular flexibility index (Phi) is 5.48. The van der Waals surface area contributed by atoms with Gasteiger partial charge in [-0.3, -0.25) is 4.79 Å². The molecule has 0 rings (SSSR count). The van der Waals surface area contributed by atoms with Crippen molar-refractivity contribution in [3.63, 3.8) is 0 Å². The lowest BCUT2D eigenvalue weighted by atomic mass is 10.00. The molecule has 0 aliphatic carbocycles. The van der Waals surface area contributed by atoms with E-state index in [-0.39, 0.29) is 11.1 Å². The van der Waals surface area contributed by atoms with Gasteiger partial charge in [-0.25, -0.2) is 0 Å². The van der Waals surface area contributed by atoms with E-state index in [1.165, 1.54) is 0 Å². The van der Waals surface area contributed by atoms with Gasteiger partial charge in [-0.05, 0) is 19.8 Å². The molecule has 0 heterocycles. The highest BCUT2D eigenvalue weighted by Gasteiger charge is 2.31. The van der Waals surface area contributed by atoms with Crippen molar-refractivity contribution >= 4 is 15.2 Å². The average Bonchev–Trinajstić information content (AvgIpc) is 2.05. The van der Waals surface area contributed by atoms with E-state index in [1.54, 1.807) is 0 Å². The van der Waals surface area contributed by atoms with E-state index in [0.717, 1.165) is 19.3 Å². The third-order valence-corrected chi connectivity index (χ3v) is 2.94. The highest BCUT2D eigenvalue weighted by atomic mass is 31.0. The third-order valence-electron chi connectivity index (χ3n) is 2.01. The summed E-state index contributed by atoms with van der Waals surface area (Å²) >= 11 is 0. The van der Waals surface area contributed by atoms with Crippen LogP contribution in [0.4, 0.5) is 0 Å². The van der Waals surface area contributed by atoms with Gasteiger partial charge in [0.2, 0.25) is 0 Å². The van der Waals surface area contributed by atoms with Crippen molar-refractivity contribution in [2.24, 2.45) is 0 Å². The number of carbonyl (C=O) groups is 1. The zero-order chi connectivity index (χ0) is 9.61. The van der Waals surface area contributed by atoms with Gasteiger partial charge in [-0.2, -0.15) is 0 Å². The maximum Gasteiger partial charge on any atom is 0.315 e. The molecule has 0 radical (unpaired) electrons. The fourth-order valence-corrected chi connectivity index (χ4v) is 1.52. The van der Waals surface area contributed by atoms with Crippen molar-refractivity contribution in [1.82, 2.24) is 0 Å². The van der Waals surface area contributed by atoms with Gasteiger partial charge in [0.1, 0.15) is 0 Å². The van der Waals surface area contributed by atoms with Crippen LogP contribution in [0.5, 0.6) is 0 Å². The van der Waals surface area contributed by atoms with E-state index >= 15 is 0 Å². The van der Waals surface area contributed by atoms with E-state index in [1.807, 2.05) is 13.8 Å². The predicted molar refractivity (Wildman–Crippen MR) is 54.3 cm³/mol. The normalized spacial score (nSPS) is 15.3. The van der Waals surface area contributed by atoms with Gasteiger partial charge in [0, 0.05) is 0 Å². The number of esters is 1. The fourth-order valence-electron chi connectivity index (χ4n) is 1.14. The summed E-state index contributed by atoms with van der Waals surface area (Å²) in [5.74, 6) is -0.0839. The maximum atomic E-state index is 11.4. The molecule has 0 saturated carbocycles. The quantitative estimate of drug-likeness (QED) is 0.491. The van der Waals surface area contributed by atoms with Crippen LogP contribution in [0.3, 0.4) is 0 Å². The van der Waals surface area contributed by atoms with E-state index in [4.69, 9.17) is 4.74 Å². The fraction of sp³-hybridized carbons (Fsp3) is 0.889. The zero-order valence-electron chi connectivity index (χ0n) is 8.22. The molecule has 0 spiro atoms. The molecule has 0 aliphatic heterocycles. The SMILES string of the molecule is CCCC(P)(CC)C(=O)OCC. The van der Waals surface area contributed by atoms with Crippen LogP contribution in [-0.2, 0) is 9.53 Å². The molecule has 0 amide bonds. The van der Waals surface area contributed by atoms with Crippen LogP contribution < -0.4 is 0 Å². The molecule has 0 saturated heterocycles. The zero-order valence-corrected chi connectivity index (χ0v) is 9.38. The lowest BCUT2D eigenvalue weighted by Crippen LogP contribution is -2.32. The molecule has 12 heavy (non-hydrogen) atoms. The summed E-state index contributed by atoms with van der Waals surface area (Å²) in [7, 11) is 2.63.